The lowest BCUT2D eigenvalue weighted by atomic mass is 10.0. The maximum absolute atomic E-state index is 14.5. The van der Waals surface area contributed by atoms with E-state index < -0.39 is 28.5 Å². The summed E-state index contributed by atoms with van der Waals surface area (Å²) in [5.41, 5.74) is 3.77. The van der Waals surface area contributed by atoms with E-state index in [0.29, 0.717) is 11.3 Å². The van der Waals surface area contributed by atoms with Gasteiger partial charge >= 0.3 is 0 Å². The van der Waals surface area contributed by atoms with Gasteiger partial charge in [0.2, 0.25) is 11.8 Å². The lowest BCUT2D eigenvalue weighted by Gasteiger charge is -2.34. The number of benzene rings is 4. The predicted octanol–water partition coefficient (Wildman–Crippen LogP) is 6.05. The molecule has 0 aliphatic rings. The minimum atomic E-state index is -4.14. The number of aryl methyl sites for hydroxylation is 2. The number of carbonyl (C=O) groups is 2. The molecule has 0 unspecified atom stereocenters. The van der Waals surface area contributed by atoms with Crippen LogP contribution in [-0.4, -0.2) is 43.8 Å². The quantitative estimate of drug-likeness (QED) is 0.199. The third-order valence-corrected chi connectivity index (χ3v) is 9.51. The van der Waals surface area contributed by atoms with Gasteiger partial charge in [0, 0.05) is 19.0 Å². The summed E-state index contributed by atoms with van der Waals surface area (Å²) in [4.78, 5) is 30.0. The number of nitrogens with zero attached hydrogens (tertiary/aromatic N) is 2. The Kier molecular flexibility index (Phi) is 11.0. The van der Waals surface area contributed by atoms with Crippen LogP contribution in [0.4, 0.5) is 5.69 Å². The number of nitrogens with one attached hydrogen (secondary N) is 1. The molecule has 0 fully saturated rings. The highest BCUT2D eigenvalue weighted by molar-refractivity contribution is 7.92. The zero-order chi connectivity index (χ0) is 31.7. The van der Waals surface area contributed by atoms with E-state index in [4.69, 9.17) is 0 Å². The third-order valence-electron chi connectivity index (χ3n) is 7.74. The van der Waals surface area contributed by atoms with Gasteiger partial charge < -0.3 is 10.2 Å². The molecular weight excluding hydrogens is 570 g/mol. The maximum atomic E-state index is 14.5. The Morgan fingerprint density at radius 1 is 0.773 bits per heavy atom. The Hall–Kier alpha value is -4.43. The Labute approximate surface area is 261 Å². The van der Waals surface area contributed by atoms with Gasteiger partial charge in [-0.1, -0.05) is 103 Å². The van der Waals surface area contributed by atoms with Crippen LogP contribution in [0.1, 0.15) is 42.5 Å². The zero-order valence-electron chi connectivity index (χ0n) is 25.8. The van der Waals surface area contributed by atoms with Crippen LogP contribution in [0.25, 0.3) is 0 Å². The topological polar surface area (TPSA) is 86.8 Å². The van der Waals surface area contributed by atoms with Crippen molar-refractivity contribution in [2.75, 3.05) is 10.8 Å². The van der Waals surface area contributed by atoms with Gasteiger partial charge in [-0.2, -0.15) is 0 Å². The van der Waals surface area contributed by atoms with Gasteiger partial charge in [0.15, 0.2) is 0 Å². The molecule has 7 nitrogen and oxygen atoms in total. The predicted molar refractivity (Wildman–Crippen MR) is 176 cm³/mol. The van der Waals surface area contributed by atoms with Crippen LogP contribution in [0, 0.1) is 13.8 Å². The van der Waals surface area contributed by atoms with Gasteiger partial charge in [0.1, 0.15) is 12.6 Å². The summed E-state index contributed by atoms with van der Waals surface area (Å²) in [6.45, 7) is 7.27. The smallest absolute Gasteiger partial charge is 0.264 e. The second-order valence-corrected chi connectivity index (χ2v) is 13.0. The molecule has 230 valence electrons. The van der Waals surface area contributed by atoms with Gasteiger partial charge in [-0.15, -0.1) is 0 Å². The number of rotatable bonds is 13. The number of para-hydroxylation sites is 1. The fourth-order valence-electron chi connectivity index (χ4n) is 4.97. The van der Waals surface area contributed by atoms with E-state index in [1.807, 2.05) is 100 Å². The first-order chi connectivity index (χ1) is 21.1. The second kappa shape index (κ2) is 14.8. The van der Waals surface area contributed by atoms with Crippen molar-refractivity contribution in [3.63, 3.8) is 0 Å². The molecule has 0 saturated heterocycles. The molecule has 44 heavy (non-hydrogen) atoms. The number of amides is 2. The van der Waals surface area contributed by atoms with Gasteiger partial charge in [-0.3, -0.25) is 13.9 Å². The number of anilines is 1. The molecule has 0 spiro atoms. The minimum Gasteiger partial charge on any atom is -0.352 e. The molecule has 0 aromatic heterocycles. The summed E-state index contributed by atoms with van der Waals surface area (Å²) in [5.74, 6) is -0.760. The van der Waals surface area contributed by atoms with E-state index in [9.17, 15) is 18.0 Å². The Morgan fingerprint density at radius 3 is 1.93 bits per heavy atom. The number of hydrogen-bond donors (Lipinski definition) is 1. The first-order valence-electron chi connectivity index (χ1n) is 14.9. The highest BCUT2D eigenvalue weighted by Crippen LogP contribution is 2.28. The minimum absolute atomic E-state index is 0.0871. The number of carbonyl (C=O) groups excluding carboxylic acids is 2. The van der Waals surface area contributed by atoms with Crippen LogP contribution in [0.5, 0.6) is 0 Å². The van der Waals surface area contributed by atoms with Crippen LogP contribution < -0.4 is 9.62 Å². The molecule has 0 radical (unpaired) electrons. The molecule has 0 heterocycles. The van der Waals surface area contributed by atoms with Crippen molar-refractivity contribution in [2.24, 2.45) is 0 Å². The maximum Gasteiger partial charge on any atom is 0.264 e. The molecule has 4 aromatic carbocycles. The highest BCUT2D eigenvalue weighted by Gasteiger charge is 2.35. The molecule has 2 atom stereocenters. The van der Waals surface area contributed by atoms with Crippen LogP contribution in [0.3, 0.4) is 0 Å². The van der Waals surface area contributed by atoms with Crippen LogP contribution >= 0.6 is 0 Å². The molecule has 0 saturated carbocycles. The van der Waals surface area contributed by atoms with Crippen molar-refractivity contribution in [1.82, 2.24) is 10.2 Å². The van der Waals surface area contributed by atoms with Crippen LogP contribution in [0.2, 0.25) is 0 Å². The lowest BCUT2D eigenvalue weighted by Crippen LogP contribution is -2.54. The van der Waals surface area contributed by atoms with E-state index in [2.05, 4.69) is 5.32 Å². The van der Waals surface area contributed by atoms with Gasteiger partial charge in [-0.25, -0.2) is 8.42 Å². The molecule has 1 N–H and O–H groups in total. The van der Waals surface area contributed by atoms with Crippen LogP contribution in [-0.2, 0) is 32.6 Å². The molecule has 4 rings (SSSR count). The Balaban J connectivity index is 1.80. The summed E-state index contributed by atoms with van der Waals surface area (Å²) in [7, 11) is -4.14. The first-order valence-corrected chi connectivity index (χ1v) is 16.4. The molecule has 4 aromatic rings. The number of sulfonamides is 1. The van der Waals surface area contributed by atoms with E-state index in [0.717, 1.165) is 23.1 Å². The van der Waals surface area contributed by atoms with Crippen molar-refractivity contribution in [3.05, 3.63) is 131 Å². The van der Waals surface area contributed by atoms with Crippen molar-refractivity contribution in [3.8, 4) is 0 Å². The monoisotopic (exact) mass is 611 g/mol. The lowest BCUT2D eigenvalue weighted by molar-refractivity contribution is -0.140. The average molecular weight is 612 g/mol. The van der Waals surface area contributed by atoms with Gasteiger partial charge in [0.25, 0.3) is 10.0 Å². The fraction of sp³-hybridized carbons (Fsp3) is 0.278. The van der Waals surface area contributed by atoms with Crippen molar-refractivity contribution in [1.29, 1.82) is 0 Å². The molecule has 2 amide bonds. The molecule has 0 aliphatic carbocycles. The first kappa shape index (κ1) is 32.5. The highest BCUT2D eigenvalue weighted by atomic mass is 32.2. The summed E-state index contributed by atoms with van der Waals surface area (Å²) in [6.07, 6.45) is 1.00. The molecular formula is C36H41N3O4S. The van der Waals surface area contributed by atoms with Gasteiger partial charge in [0.05, 0.1) is 10.6 Å². The summed E-state index contributed by atoms with van der Waals surface area (Å²) >= 11 is 0. The van der Waals surface area contributed by atoms with E-state index in [1.165, 1.54) is 9.21 Å². The van der Waals surface area contributed by atoms with E-state index in [1.54, 1.807) is 36.4 Å². The SMILES string of the molecule is CC[C@@H](C)NC(=O)[C@@H](Cc1ccccc1)N(Cc1ccccc1)C(=O)CN(c1ccccc1C)S(=O)(=O)c1ccc(C)cc1. The van der Waals surface area contributed by atoms with Crippen LogP contribution in [0.15, 0.2) is 114 Å². The summed E-state index contributed by atoms with van der Waals surface area (Å²) < 4.78 is 29.5. The van der Waals surface area contributed by atoms with Crippen molar-refractivity contribution < 1.29 is 18.0 Å². The molecule has 0 bridgehead atoms. The van der Waals surface area contributed by atoms with E-state index in [-0.39, 0.29) is 29.8 Å². The summed E-state index contributed by atoms with van der Waals surface area (Å²) in [6, 6.07) is 31.7. The normalized spacial score (nSPS) is 12.6. The zero-order valence-corrected chi connectivity index (χ0v) is 26.6. The van der Waals surface area contributed by atoms with Gasteiger partial charge in [-0.05, 0) is 62.1 Å². The Morgan fingerprint density at radius 2 is 1.34 bits per heavy atom. The molecule has 0 aliphatic heterocycles. The van der Waals surface area contributed by atoms with Crippen molar-refractivity contribution in [2.45, 2.75) is 64.1 Å². The Bertz CT molecular complexity index is 1640. The van der Waals surface area contributed by atoms with Crippen molar-refractivity contribution >= 4 is 27.5 Å². The largest absolute Gasteiger partial charge is 0.352 e. The fourth-order valence-corrected chi connectivity index (χ4v) is 6.45. The standard InChI is InChI=1S/C36H41N3O4S/c1-5-29(4)37-36(41)34(24-30-15-8-6-9-16-30)38(25-31-17-10-7-11-18-31)35(40)26-39(33-19-13-12-14-28(33)3)44(42,43)32-22-20-27(2)21-23-32/h6-23,29,34H,5,24-26H2,1-4H3,(H,37,41)/t29-,34-/m1/s1. The summed E-state index contributed by atoms with van der Waals surface area (Å²) in [5, 5.41) is 3.06. The number of hydrogen-bond acceptors (Lipinski definition) is 4. The third kappa shape index (κ3) is 8.14. The molecule has 8 heteroatoms. The second-order valence-electron chi connectivity index (χ2n) is 11.1. The average Bonchev–Trinajstić information content (AvgIpc) is 3.03. The van der Waals surface area contributed by atoms with E-state index >= 15 is 0 Å².